The van der Waals surface area contributed by atoms with Gasteiger partial charge in [0.25, 0.3) is 0 Å². The van der Waals surface area contributed by atoms with Crippen molar-refractivity contribution in [1.29, 1.82) is 0 Å². The zero-order valence-corrected chi connectivity index (χ0v) is 22.7. The number of pyridine rings is 1. The topological polar surface area (TPSA) is 92.0 Å². The fourth-order valence-electron chi connectivity index (χ4n) is 5.06. The Morgan fingerprint density at radius 1 is 1.08 bits per heavy atom. The normalized spacial score (nSPS) is 13.9. The van der Waals surface area contributed by atoms with Crippen LogP contribution in [0.4, 0.5) is 5.69 Å². The summed E-state index contributed by atoms with van der Waals surface area (Å²) in [7, 11) is 0. The van der Waals surface area contributed by atoms with E-state index in [1.54, 1.807) is 0 Å². The van der Waals surface area contributed by atoms with Crippen LogP contribution in [-0.2, 0) is 13.1 Å². The first-order chi connectivity index (χ1) is 18.7. The van der Waals surface area contributed by atoms with Crippen LogP contribution in [-0.4, -0.2) is 66.0 Å². The molecule has 6 rings (SSSR count). The summed E-state index contributed by atoms with van der Waals surface area (Å²) in [4.78, 5) is 6.96. The number of rotatable bonds is 12. The van der Waals surface area contributed by atoms with E-state index >= 15 is 0 Å². The Morgan fingerprint density at radius 2 is 1.95 bits per heavy atom. The number of fused-ring (bicyclic) bond motifs is 2. The van der Waals surface area contributed by atoms with Crippen molar-refractivity contribution in [3.63, 3.8) is 0 Å². The molecule has 38 heavy (non-hydrogen) atoms. The first kappa shape index (κ1) is 25.2. The first-order valence-electron chi connectivity index (χ1n) is 13.1. The minimum Gasteiger partial charge on any atom is -0.369 e. The molecule has 11 heteroatoms. The minimum absolute atomic E-state index is 0.515. The van der Waals surface area contributed by atoms with Gasteiger partial charge in [-0.3, -0.25) is 5.10 Å². The second-order valence-electron chi connectivity index (χ2n) is 9.95. The van der Waals surface area contributed by atoms with Gasteiger partial charge in [-0.2, -0.15) is 5.10 Å². The van der Waals surface area contributed by atoms with Gasteiger partial charge in [0, 0.05) is 60.4 Å². The predicted octanol–water partition coefficient (Wildman–Crippen LogP) is 4.69. The molecule has 0 aliphatic heterocycles. The van der Waals surface area contributed by atoms with Crippen LogP contribution < -0.4 is 10.2 Å². The molecule has 198 valence electrons. The van der Waals surface area contributed by atoms with Crippen molar-refractivity contribution < 1.29 is 0 Å². The van der Waals surface area contributed by atoms with Crippen molar-refractivity contribution in [1.82, 2.24) is 39.9 Å². The molecule has 1 fully saturated rings. The molecule has 1 aliphatic rings. The zero-order chi connectivity index (χ0) is 25.9. The van der Waals surface area contributed by atoms with Crippen LogP contribution in [0.1, 0.15) is 30.5 Å². The molecule has 5 aromatic rings. The molecule has 0 spiro atoms. The first-order valence-corrected chi connectivity index (χ1v) is 14.2. The molecule has 0 unspecified atom stereocenters. The minimum atomic E-state index is 0.515. The van der Waals surface area contributed by atoms with Crippen molar-refractivity contribution in [3.8, 4) is 11.3 Å². The standard InChI is InChI=1S/C27H31Cl2N9/c28-6-8-36(9-7-29)22-10-23(24-14-31-33-25(24)11-22)26-18-38(35-34-26)17-21-16-37-15-20(4-5-27(37)32-21)13-30-12-19-2-1-3-19/h4-5,10-11,14-16,18-19,30H,1-3,6-9,12-13,17H2,(H,31,33). The number of imidazole rings is 1. The molecular weight excluding hydrogens is 521 g/mol. The largest absolute Gasteiger partial charge is 0.369 e. The van der Waals surface area contributed by atoms with Crippen LogP contribution in [0, 0.1) is 5.92 Å². The maximum absolute atomic E-state index is 6.05. The van der Waals surface area contributed by atoms with Crippen LogP contribution in [0.5, 0.6) is 0 Å². The molecular formula is C27H31Cl2N9. The van der Waals surface area contributed by atoms with E-state index in [1.807, 2.05) is 17.1 Å². The molecule has 0 atom stereocenters. The molecule has 4 aromatic heterocycles. The van der Waals surface area contributed by atoms with Gasteiger partial charge in [0.15, 0.2) is 0 Å². The van der Waals surface area contributed by atoms with Crippen molar-refractivity contribution in [2.75, 3.05) is 36.3 Å². The second kappa shape index (κ2) is 11.3. The van der Waals surface area contributed by atoms with Crippen molar-refractivity contribution in [3.05, 3.63) is 60.3 Å². The summed E-state index contributed by atoms with van der Waals surface area (Å²) in [6.45, 7) is 3.91. The van der Waals surface area contributed by atoms with Gasteiger partial charge >= 0.3 is 0 Å². The Balaban J connectivity index is 1.20. The molecule has 0 radical (unpaired) electrons. The monoisotopic (exact) mass is 551 g/mol. The summed E-state index contributed by atoms with van der Waals surface area (Å²) in [5.74, 6) is 1.88. The van der Waals surface area contributed by atoms with E-state index in [9.17, 15) is 0 Å². The smallest absolute Gasteiger partial charge is 0.137 e. The summed E-state index contributed by atoms with van der Waals surface area (Å²) in [6.07, 6.45) is 12.1. The van der Waals surface area contributed by atoms with E-state index in [0.29, 0.717) is 31.4 Å². The number of hydrogen-bond donors (Lipinski definition) is 2. The third kappa shape index (κ3) is 5.36. The molecule has 0 saturated heterocycles. The van der Waals surface area contributed by atoms with Crippen LogP contribution in [0.25, 0.3) is 27.8 Å². The molecule has 0 bridgehead atoms. The predicted molar refractivity (Wildman–Crippen MR) is 152 cm³/mol. The number of alkyl halides is 2. The van der Waals surface area contributed by atoms with Crippen LogP contribution >= 0.6 is 23.2 Å². The fourth-order valence-corrected chi connectivity index (χ4v) is 5.47. The Hall–Kier alpha value is -3.14. The van der Waals surface area contributed by atoms with E-state index < -0.39 is 0 Å². The highest BCUT2D eigenvalue weighted by atomic mass is 35.5. The average Bonchev–Trinajstić information content (AvgIpc) is 3.64. The molecule has 9 nitrogen and oxygen atoms in total. The lowest BCUT2D eigenvalue weighted by Crippen LogP contribution is -2.27. The molecule has 1 aromatic carbocycles. The highest BCUT2D eigenvalue weighted by Crippen LogP contribution is 2.32. The number of nitrogens with one attached hydrogen (secondary N) is 2. The Morgan fingerprint density at radius 3 is 2.74 bits per heavy atom. The Bertz CT molecular complexity index is 1510. The number of hydrogen-bond acceptors (Lipinski definition) is 6. The lowest BCUT2D eigenvalue weighted by atomic mass is 9.85. The van der Waals surface area contributed by atoms with E-state index in [0.717, 1.165) is 58.2 Å². The summed E-state index contributed by atoms with van der Waals surface area (Å²) in [5.41, 5.74) is 6.79. The summed E-state index contributed by atoms with van der Waals surface area (Å²) in [5, 5.41) is 20.8. The number of benzene rings is 1. The van der Waals surface area contributed by atoms with Gasteiger partial charge in [0.1, 0.15) is 11.3 Å². The number of aromatic amines is 1. The van der Waals surface area contributed by atoms with Crippen molar-refractivity contribution in [2.45, 2.75) is 32.4 Å². The summed E-state index contributed by atoms with van der Waals surface area (Å²) < 4.78 is 3.92. The van der Waals surface area contributed by atoms with Gasteiger partial charge < -0.3 is 14.6 Å². The lowest BCUT2D eigenvalue weighted by Gasteiger charge is -2.25. The number of nitrogens with zero attached hydrogens (tertiary/aromatic N) is 7. The molecule has 1 aliphatic carbocycles. The summed E-state index contributed by atoms with van der Waals surface area (Å²) >= 11 is 12.1. The fraction of sp³-hybridized carbons (Fsp3) is 0.407. The van der Waals surface area contributed by atoms with Gasteiger partial charge in [-0.05, 0) is 49.1 Å². The highest BCUT2D eigenvalue weighted by Gasteiger charge is 2.17. The Labute approximate surface area is 231 Å². The Kier molecular flexibility index (Phi) is 7.49. The van der Waals surface area contributed by atoms with E-state index in [-0.39, 0.29) is 0 Å². The van der Waals surface area contributed by atoms with Gasteiger partial charge in [0.05, 0.1) is 30.1 Å². The average molecular weight is 553 g/mol. The lowest BCUT2D eigenvalue weighted by molar-refractivity contribution is 0.301. The highest BCUT2D eigenvalue weighted by molar-refractivity contribution is 6.18. The number of aromatic nitrogens is 7. The van der Waals surface area contributed by atoms with Crippen LogP contribution in [0.15, 0.2) is 49.1 Å². The molecule has 1 saturated carbocycles. The summed E-state index contributed by atoms with van der Waals surface area (Å²) in [6, 6.07) is 8.40. The van der Waals surface area contributed by atoms with E-state index in [1.165, 1.54) is 24.8 Å². The van der Waals surface area contributed by atoms with Crippen LogP contribution in [0.3, 0.4) is 0 Å². The SMILES string of the molecule is ClCCN(CCCl)c1cc(-c2cn(Cc3cn4cc(CNCC5CCC5)ccc4n3)nn2)c2cn[nH]c2c1. The molecule has 4 heterocycles. The molecule has 0 amide bonds. The number of anilines is 1. The quantitative estimate of drug-likeness (QED) is 0.218. The van der Waals surface area contributed by atoms with Gasteiger partial charge in [-0.1, -0.05) is 17.7 Å². The van der Waals surface area contributed by atoms with Gasteiger partial charge in [-0.25, -0.2) is 9.67 Å². The van der Waals surface area contributed by atoms with E-state index in [2.05, 4.69) is 71.8 Å². The second-order valence-corrected chi connectivity index (χ2v) is 10.7. The third-order valence-corrected chi connectivity index (χ3v) is 7.64. The van der Waals surface area contributed by atoms with Crippen LogP contribution in [0.2, 0.25) is 0 Å². The molecule has 2 N–H and O–H groups in total. The maximum atomic E-state index is 6.05. The van der Waals surface area contributed by atoms with Crippen molar-refractivity contribution in [2.24, 2.45) is 5.92 Å². The number of halogens is 2. The van der Waals surface area contributed by atoms with Gasteiger partial charge in [-0.15, -0.1) is 28.3 Å². The van der Waals surface area contributed by atoms with Crippen molar-refractivity contribution >= 4 is 45.4 Å². The van der Waals surface area contributed by atoms with Gasteiger partial charge in [0.2, 0.25) is 0 Å². The zero-order valence-electron chi connectivity index (χ0n) is 21.2. The third-order valence-electron chi connectivity index (χ3n) is 7.31. The number of H-pyrrole nitrogens is 1. The van der Waals surface area contributed by atoms with E-state index in [4.69, 9.17) is 28.2 Å². The maximum Gasteiger partial charge on any atom is 0.137 e.